The molecule has 1 fully saturated rings. The van der Waals surface area contributed by atoms with Crippen molar-refractivity contribution in [1.29, 1.82) is 0 Å². The Bertz CT molecular complexity index is 848. The van der Waals surface area contributed by atoms with E-state index in [1.807, 2.05) is 41.4 Å². The first-order valence-electron chi connectivity index (χ1n) is 8.89. The number of ether oxygens (including phenoxy) is 2. The minimum Gasteiger partial charge on any atom is -0.493 e. The summed E-state index contributed by atoms with van der Waals surface area (Å²) in [5.41, 5.74) is 2.28. The normalized spacial score (nSPS) is 21.2. The lowest BCUT2D eigenvalue weighted by atomic mass is 10.1. The molecule has 2 heterocycles. The zero-order chi connectivity index (χ0) is 18.1. The zero-order valence-electron chi connectivity index (χ0n) is 15.0. The zero-order valence-corrected chi connectivity index (χ0v) is 15.0. The maximum absolute atomic E-state index is 13.0. The summed E-state index contributed by atoms with van der Waals surface area (Å²) >= 11 is 0. The summed E-state index contributed by atoms with van der Waals surface area (Å²) < 4.78 is 11.4. The van der Waals surface area contributed by atoms with Crippen LogP contribution in [-0.4, -0.2) is 36.7 Å². The largest absolute Gasteiger partial charge is 0.493 e. The van der Waals surface area contributed by atoms with Gasteiger partial charge in [0.2, 0.25) is 0 Å². The molecule has 0 bridgehead atoms. The van der Waals surface area contributed by atoms with Crippen LogP contribution in [-0.2, 0) is 6.61 Å². The van der Waals surface area contributed by atoms with Crippen LogP contribution in [0.15, 0.2) is 47.5 Å². The van der Waals surface area contributed by atoms with Crippen molar-refractivity contribution in [3.63, 3.8) is 0 Å². The van der Waals surface area contributed by atoms with Gasteiger partial charge in [0.25, 0.3) is 5.91 Å². The number of benzene rings is 2. The first-order chi connectivity index (χ1) is 12.7. The van der Waals surface area contributed by atoms with Gasteiger partial charge in [-0.25, -0.2) is 0 Å². The summed E-state index contributed by atoms with van der Waals surface area (Å²) in [5.74, 6) is 1.65. The van der Waals surface area contributed by atoms with Crippen molar-refractivity contribution < 1.29 is 14.3 Å². The van der Waals surface area contributed by atoms with Gasteiger partial charge in [-0.2, -0.15) is 0 Å². The van der Waals surface area contributed by atoms with Gasteiger partial charge in [-0.1, -0.05) is 37.3 Å². The lowest BCUT2D eigenvalue weighted by Crippen LogP contribution is -2.35. The molecule has 2 aliphatic rings. The second-order valence-electron chi connectivity index (χ2n) is 6.94. The molecule has 5 nitrogen and oxygen atoms in total. The fourth-order valence-electron chi connectivity index (χ4n) is 3.62. The van der Waals surface area contributed by atoms with Gasteiger partial charge in [0.1, 0.15) is 6.61 Å². The Balaban J connectivity index is 1.65. The van der Waals surface area contributed by atoms with Crippen LogP contribution >= 0.6 is 0 Å². The van der Waals surface area contributed by atoms with Crippen molar-refractivity contribution in [1.82, 2.24) is 4.90 Å². The third-order valence-corrected chi connectivity index (χ3v) is 4.95. The van der Waals surface area contributed by atoms with Gasteiger partial charge in [-0.15, -0.1) is 0 Å². The summed E-state index contributed by atoms with van der Waals surface area (Å²) in [6, 6.07) is 13.6. The topological polar surface area (TPSA) is 51.1 Å². The predicted molar refractivity (Wildman–Crippen MR) is 101 cm³/mol. The summed E-state index contributed by atoms with van der Waals surface area (Å²) in [4.78, 5) is 19.5. The molecule has 0 aliphatic carbocycles. The van der Waals surface area contributed by atoms with Crippen LogP contribution in [0.3, 0.4) is 0 Å². The number of carbonyl (C=O) groups is 1. The van der Waals surface area contributed by atoms with E-state index in [9.17, 15) is 4.79 Å². The molecule has 2 aliphatic heterocycles. The van der Waals surface area contributed by atoms with Crippen LogP contribution in [0.4, 0.5) is 5.69 Å². The monoisotopic (exact) mass is 350 g/mol. The van der Waals surface area contributed by atoms with E-state index in [1.165, 1.54) is 0 Å². The molecule has 0 spiro atoms. The molecule has 0 aromatic heterocycles. The first kappa shape index (κ1) is 16.6. The van der Waals surface area contributed by atoms with Crippen molar-refractivity contribution in [3.8, 4) is 11.5 Å². The molecule has 1 saturated heterocycles. The molecule has 2 aromatic rings. The van der Waals surface area contributed by atoms with Crippen LogP contribution in [0, 0.1) is 5.92 Å². The number of amides is 1. The highest BCUT2D eigenvalue weighted by atomic mass is 16.5. The third-order valence-electron chi connectivity index (χ3n) is 4.95. The van der Waals surface area contributed by atoms with Crippen LogP contribution in [0.5, 0.6) is 11.5 Å². The van der Waals surface area contributed by atoms with Gasteiger partial charge in [0.15, 0.2) is 11.5 Å². The van der Waals surface area contributed by atoms with E-state index in [0.29, 0.717) is 35.3 Å². The SMILES string of the molecule is COc1cc2c(cc1OCc1ccccc1)N=C[C@@H]1CC(C)CN1C2=O. The van der Waals surface area contributed by atoms with Gasteiger partial charge >= 0.3 is 0 Å². The first-order valence-corrected chi connectivity index (χ1v) is 8.89. The lowest BCUT2D eigenvalue weighted by Gasteiger charge is -2.20. The van der Waals surface area contributed by atoms with E-state index in [2.05, 4.69) is 11.9 Å². The minimum absolute atomic E-state index is 0.0137. The fourth-order valence-corrected chi connectivity index (χ4v) is 3.62. The Hall–Kier alpha value is -2.82. The lowest BCUT2D eigenvalue weighted by molar-refractivity contribution is 0.0770. The van der Waals surface area contributed by atoms with Crippen LogP contribution < -0.4 is 9.47 Å². The van der Waals surface area contributed by atoms with Gasteiger partial charge in [0.05, 0.1) is 24.4 Å². The molecule has 4 rings (SSSR count). The number of aliphatic imine (C=N–C) groups is 1. The molecule has 2 atom stereocenters. The highest BCUT2D eigenvalue weighted by Gasteiger charge is 2.35. The molecule has 0 saturated carbocycles. The van der Waals surface area contributed by atoms with E-state index in [4.69, 9.17) is 9.47 Å². The minimum atomic E-state index is 0.0137. The Labute approximate surface area is 153 Å². The Kier molecular flexibility index (Phi) is 4.37. The number of hydrogen-bond acceptors (Lipinski definition) is 4. The number of hydrogen-bond donors (Lipinski definition) is 0. The quantitative estimate of drug-likeness (QED) is 0.842. The molecule has 0 N–H and O–H groups in total. The van der Waals surface area contributed by atoms with Crippen molar-refractivity contribution in [2.45, 2.75) is 26.0 Å². The number of carbonyl (C=O) groups excluding carboxylic acids is 1. The second-order valence-corrected chi connectivity index (χ2v) is 6.94. The Morgan fingerprint density at radius 3 is 2.77 bits per heavy atom. The summed E-state index contributed by atoms with van der Waals surface area (Å²) in [6.07, 6.45) is 2.85. The van der Waals surface area contributed by atoms with Crippen LogP contribution in [0.1, 0.15) is 29.3 Å². The standard InChI is InChI=1S/C21H22N2O3/c1-14-8-16-11-22-18-10-20(26-13-15-6-4-3-5-7-15)19(25-2)9-17(18)21(24)23(16)12-14/h3-7,9-11,14,16H,8,12-13H2,1-2H3/t14?,16-/m0/s1. The summed E-state index contributed by atoms with van der Waals surface area (Å²) in [5, 5.41) is 0. The molecule has 134 valence electrons. The maximum Gasteiger partial charge on any atom is 0.256 e. The van der Waals surface area contributed by atoms with E-state index in [1.54, 1.807) is 19.2 Å². The van der Waals surface area contributed by atoms with Crippen molar-refractivity contribution >= 4 is 17.8 Å². The molecule has 5 heteroatoms. The van der Waals surface area contributed by atoms with Gasteiger partial charge in [-0.05, 0) is 24.0 Å². The number of nitrogens with zero attached hydrogens (tertiary/aromatic N) is 2. The van der Waals surface area contributed by atoms with E-state index in [0.717, 1.165) is 18.5 Å². The molecular formula is C21H22N2O3. The van der Waals surface area contributed by atoms with Crippen molar-refractivity contribution in [3.05, 3.63) is 53.6 Å². The smallest absolute Gasteiger partial charge is 0.256 e. The summed E-state index contributed by atoms with van der Waals surface area (Å²) in [7, 11) is 1.59. The molecular weight excluding hydrogens is 328 g/mol. The maximum atomic E-state index is 13.0. The Morgan fingerprint density at radius 1 is 1.19 bits per heavy atom. The van der Waals surface area contributed by atoms with E-state index < -0.39 is 0 Å². The number of fused-ring (bicyclic) bond motifs is 2. The Morgan fingerprint density at radius 2 is 2.00 bits per heavy atom. The number of rotatable bonds is 4. The number of methoxy groups -OCH3 is 1. The van der Waals surface area contributed by atoms with Crippen molar-refractivity contribution in [2.75, 3.05) is 13.7 Å². The van der Waals surface area contributed by atoms with Crippen molar-refractivity contribution in [2.24, 2.45) is 10.9 Å². The highest BCUT2D eigenvalue weighted by molar-refractivity contribution is 6.03. The summed E-state index contributed by atoms with van der Waals surface area (Å²) in [6.45, 7) is 3.36. The van der Waals surface area contributed by atoms with E-state index >= 15 is 0 Å². The van der Waals surface area contributed by atoms with Crippen LogP contribution in [0.2, 0.25) is 0 Å². The average molecular weight is 350 g/mol. The molecule has 1 unspecified atom stereocenters. The molecule has 1 amide bonds. The predicted octanol–water partition coefficient (Wildman–Crippen LogP) is 3.84. The third kappa shape index (κ3) is 3.05. The molecule has 26 heavy (non-hydrogen) atoms. The van der Waals surface area contributed by atoms with Gasteiger partial charge in [0, 0.05) is 18.8 Å². The second kappa shape index (κ2) is 6.83. The molecule has 0 radical (unpaired) electrons. The van der Waals surface area contributed by atoms with Gasteiger partial charge in [-0.3, -0.25) is 9.79 Å². The highest BCUT2D eigenvalue weighted by Crippen LogP contribution is 2.38. The fraction of sp³-hybridized carbons (Fsp3) is 0.333. The molecule has 2 aromatic carbocycles. The average Bonchev–Trinajstić information content (AvgIpc) is 3.00. The van der Waals surface area contributed by atoms with Gasteiger partial charge < -0.3 is 14.4 Å². The van der Waals surface area contributed by atoms with Crippen LogP contribution in [0.25, 0.3) is 0 Å². The van der Waals surface area contributed by atoms with E-state index in [-0.39, 0.29) is 11.9 Å².